The van der Waals surface area contributed by atoms with E-state index in [0.717, 1.165) is 18.6 Å². The van der Waals surface area contributed by atoms with Crippen molar-refractivity contribution in [2.45, 2.75) is 26.1 Å². The van der Waals surface area contributed by atoms with E-state index in [0.29, 0.717) is 13.0 Å². The summed E-state index contributed by atoms with van der Waals surface area (Å²) in [6.45, 7) is 2.42. The van der Waals surface area contributed by atoms with Crippen LogP contribution in [0, 0.1) is 5.92 Å². The molecule has 21 heavy (non-hydrogen) atoms. The van der Waals surface area contributed by atoms with Crippen molar-refractivity contribution in [3.8, 4) is 5.75 Å². The number of hydrogen-bond acceptors (Lipinski definition) is 3. The van der Waals surface area contributed by atoms with E-state index in [1.807, 2.05) is 6.92 Å². The molecular formula is C14H18F3NO3. The summed E-state index contributed by atoms with van der Waals surface area (Å²) in [7, 11) is 0. The molecule has 0 spiro atoms. The summed E-state index contributed by atoms with van der Waals surface area (Å²) >= 11 is 0. The van der Waals surface area contributed by atoms with Crippen LogP contribution in [0.15, 0.2) is 24.3 Å². The van der Waals surface area contributed by atoms with Crippen LogP contribution >= 0.6 is 0 Å². The fourth-order valence-electron chi connectivity index (χ4n) is 1.78. The fraction of sp³-hybridized carbons (Fsp3) is 0.500. The molecule has 0 radical (unpaired) electrons. The molecule has 1 unspecified atom stereocenters. The van der Waals surface area contributed by atoms with E-state index in [2.05, 4.69) is 10.1 Å². The summed E-state index contributed by atoms with van der Waals surface area (Å²) in [4.78, 5) is 11.8. The maximum atomic E-state index is 12.0. The Balaban J connectivity index is 2.55. The topological polar surface area (TPSA) is 58.6 Å². The van der Waals surface area contributed by atoms with Gasteiger partial charge >= 0.3 is 6.36 Å². The van der Waals surface area contributed by atoms with Crippen LogP contribution < -0.4 is 10.1 Å². The molecule has 0 aliphatic rings. The molecule has 0 aromatic heterocycles. The number of aliphatic hydroxyl groups is 1. The number of benzene rings is 1. The lowest BCUT2D eigenvalue weighted by Gasteiger charge is -2.14. The van der Waals surface area contributed by atoms with Gasteiger partial charge in [-0.05, 0) is 36.6 Å². The molecule has 1 aromatic carbocycles. The van der Waals surface area contributed by atoms with Crippen LogP contribution in [0.5, 0.6) is 5.75 Å². The van der Waals surface area contributed by atoms with Crippen LogP contribution in [-0.4, -0.2) is 30.5 Å². The first kappa shape index (κ1) is 17.3. The molecule has 0 fully saturated rings. The van der Waals surface area contributed by atoms with Gasteiger partial charge in [0.15, 0.2) is 0 Å². The third kappa shape index (κ3) is 6.48. The van der Waals surface area contributed by atoms with Gasteiger partial charge in [-0.3, -0.25) is 4.79 Å². The molecule has 0 saturated heterocycles. The van der Waals surface area contributed by atoms with Gasteiger partial charge in [-0.2, -0.15) is 0 Å². The number of carbonyl (C=O) groups is 1. The normalized spacial score (nSPS) is 12.8. The predicted octanol–water partition coefficient (Wildman–Crippen LogP) is 2.72. The van der Waals surface area contributed by atoms with Crippen LogP contribution in [0.25, 0.3) is 0 Å². The van der Waals surface area contributed by atoms with Crippen LogP contribution in [0.2, 0.25) is 0 Å². The summed E-state index contributed by atoms with van der Waals surface area (Å²) in [5.74, 6) is -0.567. The number of amides is 1. The van der Waals surface area contributed by atoms with Gasteiger partial charge in [-0.15, -0.1) is 13.2 Å². The second-order valence-corrected chi connectivity index (χ2v) is 4.57. The van der Waals surface area contributed by atoms with Gasteiger partial charge in [0, 0.05) is 18.7 Å². The molecule has 0 bridgehead atoms. The Morgan fingerprint density at radius 1 is 1.33 bits per heavy atom. The second-order valence-electron chi connectivity index (χ2n) is 4.57. The lowest BCUT2D eigenvalue weighted by Crippen LogP contribution is -2.29. The van der Waals surface area contributed by atoms with Gasteiger partial charge in [0.2, 0.25) is 0 Å². The van der Waals surface area contributed by atoms with Gasteiger partial charge in [-0.25, -0.2) is 0 Å². The molecule has 0 aliphatic carbocycles. The van der Waals surface area contributed by atoms with Gasteiger partial charge in [0.05, 0.1) is 0 Å². The lowest BCUT2D eigenvalue weighted by molar-refractivity contribution is -0.274. The minimum absolute atomic E-state index is 0.0534. The van der Waals surface area contributed by atoms with Crippen molar-refractivity contribution in [1.29, 1.82) is 0 Å². The Morgan fingerprint density at radius 3 is 2.43 bits per heavy atom. The van der Waals surface area contributed by atoms with Crippen LogP contribution in [0.4, 0.5) is 13.2 Å². The Hall–Kier alpha value is -1.76. The Morgan fingerprint density at radius 2 is 1.95 bits per heavy atom. The Bertz CT molecular complexity index is 446. The number of hydrogen-bond donors (Lipinski definition) is 2. The highest BCUT2D eigenvalue weighted by atomic mass is 19.4. The molecule has 1 aromatic rings. The molecule has 0 aliphatic heterocycles. The average molecular weight is 305 g/mol. The molecule has 0 saturated carbocycles. The lowest BCUT2D eigenvalue weighted by atomic mass is 10.0. The molecule has 1 rings (SSSR count). The average Bonchev–Trinajstić information content (AvgIpc) is 2.42. The van der Waals surface area contributed by atoms with E-state index in [-0.39, 0.29) is 29.7 Å². The van der Waals surface area contributed by atoms with Gasteiger partial charge < -0.3 is 15.2 Å². The Kier molecular flexibility index (Phi) is 6.48. The maximum Gasteiger partial charge on any atom is 0.573 e. The van der Waals surface area contributed by atoms with Gasteiger partial charge in [0.25, 0.3) is 5.91 Å². The molecular weight excluding hydrogens is 287 g/mol. The molecule has 7 heteroatoms. The van der Waals surface area contributed by atoms with E-state index in [1.54, 1.807) is 0 Å². The van der Waals surface area contributed by atoms with Crippen molar-refractivity contribution < 1.29 is 27.8 Å². The number of alkyl halides is 3. The van der Waals surface area contributed by atoms with Crippen molar-refractivity contribution in [1.82, 2.24) is 5.32 Å². The fourth-order valence-corrected chi connectivity index (χ4v) is 1.78. The number of aliphatic hydroxyl groups excluding tert-OH is 1. The van der Waals surface area contributed by atoms with E-state index in [1.165, 1.54) is 12.1 Å². The summed E-state index contributed by atoms with van der Waals surface area (Å²) in [6, 6.07) is 4.72. The van der Waals surface area contributed by atoms with E-state index in [9.17, 15) is 18.0 Å². The highest BCUT2D eigenvalue weighted by Crippen LogP contribution is 2.22. The monoisotopic (exact) mass is 305 g/mol. The minimum atomic E-state index is -4.75. The smallest absolute Gasteiger partial charge is 0.406 e. The zero-order valence-electron chi connectivity index (χ0n) is 11.6. The van der Waals surface area contributed by atoms with Crippen LogP contribution in [-0.2, 0) is 0 Å². The van der Waals surface area contributed by atoms with Gasteiger partial charge in [-0.1, -0.05) is 13.3 Å². The summed E-state index contributed by atoms with van der Waals surface area (Å²) in [5.41, 5.74) is 0.253. The van der Waals surface area contributed by atoms with Crippen LogP contribution in [0.3, 0.4) is 0 Å². The van der Waals surface area contributed by atoms with Gasteiger partial charge in [0.1, 0.15) is 5.75 Å². The molecule has 2 N–H and O–H groups in total. The second kappa shape index (κ2) is 7.87. The molecule has 4 nitrogen and oxygen atoms in total. The van der Waals surface area contributed by atoms with Crippen molar-refractivity contribution in [3.05, 3.63) is 29.8 Å². The first-order valence-corrected chi connectivity index (χ1v) is 6.60. The summed E-state index contributed by atoms with van der Waals surface area (Å²) < 4.78 is 39.7. The van der Waals surface area contributed by atoms with E-state index >= 15 is 0 Å². The third-order valence-electron chi connectivity index (χ3n) is 3.02. The van der Waals surface area contributed by atoms with Crippen molar-refractivity contribution in [2.24, 2.45) is 5.92 Å². The summed E-state index contributed by atoms with van der Waals surface area (Å²) in [5, 5.41) is 11.5. The van der Waals surface area contributed by atoms with Crippen molar-refractivity contribution >= 4 is 5.91 Å². The van der Waals surface area contributed by atoms with Crippen LogP contribution in [0.1, 0.15) is 30.1 Å². The zero-order chi connectivity index (χ0) is 15.9. The number of halogens is 3. The zero-order valence-corrected chi connectivity index (χ0v) is 11.6. The maximum absolute atomic E-state index is 12.0. The molecule has 0 heterocycles. The quantitative estimate of drug-likeness (QED) is 0.814. The molecule has 1 amide bonds. The number of ether oxygens (including phenoxy) is 1. The largest absolute Gasteiger partial charge is 0.573 e. The van der Waals surface area contributed by atoms with Crippen molar-refractivity contribution in [3.63, 3.8) is 0 Å². The molecule has 1 atom stereocenters. The number of carbonyl (C=O) groups excluding carboxylic acids is 1. The van der Waals surface area contributed by atoms with E-state index < -0.39 is 6.36 Å². The van der Waals surface area contributed by atoms with Crippen molar-refractivity contribution in [2.75, 3.05) is 13.2 Å². The number of nitrogens with one attached hydrogen (secondary N) is 1. The SMILES string of the molecule is CCC(CCO)CNC(=O)c1ccc(OC(F)(F)F)cc1. The minimum Gasteiger partial charge on any atom is -0.406 e. The Labute approximate surface area is 120 Å². The number of rotatable bonds is 7. The first-order valence-electron chi connectivity index (χ1n) is 6.60. The third-order valence-corrected chi connectivity index (χ3v) is 3.02. The summed E-state index contributed by atoms with van der Waals surface area (Å²) in [6.07, 6.45) is -3.34. The molecule has 118 valence electrons. The highest BCUT2D eigenvalue weighted by Gasteiger charge is 2.31. The highest BCUT2D eigenvalue weighted by molar-refractivity contribution is 5.94. The predicted molar refractivity (Wildman–Crippen MR) is 70.9 cm³/mol. The first-order chi connectivity index (χ1) is 9.85. The standard InChI is InChI=1S/C14H18F3NO3/c1-2-10(7-8-19)9-18-13(20)11-3-5-12(6-4-11)21-14(15,16)17/h3-6,10,19H,2,7-9H2,1H3,(H,18,20). The van der Waals surface area contributed by atoms with E-state index in [4.69, 9.17) is 5.11 Å².